The highest BCUT2D eigenvalue weighted by Gasteiger charge is 2.18. The van der Waals surface area contributed by atoms with E-state index in [1.165, 1.54) is 10.6 Å². The average Bonchev–Trinajstić information content (AvgIpc) is 2.81. The summed E-state index contributed by atoms with van der Waals surface area (Å²) < 4.78 is 36.8. The maximum Gasteiger partial charge on any atom is 0.251 e. The fourth-order valence-electron chi connectivity index (χ4n) is 3.15. The van der Waals surface area contributed by atoms with Gasteiger partial charge in [0, 0.05) is 5.56 Å². The highest BCUT2D eigenvalue weighted by Crippen LogP contribution is 2.22. The molecule has 8 heteroatoms. The highest BCUT2D eigenvalue weighted by molar-refractivity contribution is 7.92. The monoisotopic (exact) mass is 468 g/mol. The van der Waals surface area contributed by atoms with Crippen molar-refractivity contribution in [1.29, 1.82) is 0 Å². The first-order chi connectivity index (χ1) is 15.8. The molecule has 0 aromatic heterocycles. The van der Waals surface area contributed by atoms with Crippen molar-refractivity contribution in [2.75, 3.05) is 30.8 Å². The number of rotatable bonds is 10. The van der Waals surface area contributed by atoms with Crippen molar-refractivity contribution in [3.05, 3.63) is 89.5 Å². The summed E-state index contributed by atoms with van der Waals surface area (Å²) in [6, 6.07) is 21.4. The van der Waals surface area contributed by atoms with Gasteiger partial charge in [0.1, 0.15) is 18.1 Å². The Morgan fingerprint density at radius 1 is 0.909 bits per heavy atom. The number of ether oxygens (including phenoxy) is 2. The third-order valence-corrected chi connectivity index (χ3v) is 6.12. The fourth-order valence-corrected chi connectivity index (χ4v) is 4.03. The van der Waals surface area contributed by atoms with Crippen LogP contribution in [0.25, 0.3) is 0 Å². The zero-order valence-electron chi connectivity index (χ0n) is 18.9. The van der Waals surface area contributed by atoms with Crippen molar-refractivity contribution in [3.8, 4) is 11.5 Å². The molecule has 0 spiro atoms. The Labute approximate surface area is 195 Å². The number of anilines is 1. The standard InChI is InChI=1S/C25H28N2O5S/c1-19-4-6-20(7-5-19)18-27(33(3,29)30)22-10-8-21(9-11-22)25(28)26-16-17-32-24-14-12-23(31-2)13-15-24/h4-15H,16-18H2,1-3H3,(H,26,28). The number of nitrogens with zero attached hydrogens (tertiary/aromatic N) is 1. The van der Waals surface area contributed by atoms with E-state index in [1.54, 1.807) is 55.6 Å². The molecule has 0 radical (unpaired) electrons. The minimum atomic E-state index is -3.50. The van der Waals surface area contributed by atoms with Crippen LogP contribution in [0, 0.1) is 6.92 Å². The van der Waals surface area contributed by atoms with E-state index in [-0.39, 0.29) is 12.5 Å². The van der Waals surface area contributed by atoms with E-state index in [2.05, 4.69) is 5.32 Å². The lowest BCUT2D eigenvalue weighted by molar-refractivity contribution is 0.0947. The zero-order valence-corrected chi connectivity index (χ0v) is 19.8. The highest BCUT2D eigenvalue weighted by atomic mass is 32.2. The number of nitrogens with one attached hydrogen (secondary N) is 1. The first-order valence-corrected chi connectivity index (χ1v) is 12.3. The Hall–Kier alpha value is -3.52. The van der Waals surface area contributed by atoms with Crippen LogP contribution in [0.5, 0.6) is 11.5 Å². The lowest BCUT2D eigenvalue weighted by Gasteiger charge is -2.23. The van der Waals surface area contributed by atoms with Crippen molar-refractivity contribution >= 4 is 21.6 Å². The van der Waals surface area contributed by atoms with Crippen molar-refractivity contribution in [2.24, 2.45) is 0 Å². The van der Waals surface area contributed by atoms with Crippen LogP contribution in [0.2, 0.25) is 0 Å². The molecule has 0 unspecified atom stereocenters. The number of hydrogen-bond acceptors (Lipinski definition) is 5. The molecule has 1 amide bonds. The van der Waals surface area contributed by atoms with Crippen LogP contribution in [-0.4, -0.2) is 40.8 Å². The second kappa shape index (κ2) is 10.9. The molecular weight excluding hydrogens is 440 g/mol. The molecule has 33 heavy (non-hydrogen) atoms. The van der Waals surface area contributed by atoms with E-state index in [1.807, 2.05) is 31.2 Å². The van der Waals surface area contributed by atoms with Crippen molar-refractivity contribution in [1.82, 2.24) is 5.32 Å². The molecule has 0 fully saturated rings. The largest absolute Gasteiger partial charge is 0.497 e. The van der Waals surface area contributed by atoms with Gasteiger partial charge in [0.15, 0.2) is 0 Å². The van der Waals surface area contributed by atoms with Gasteiger partial charge in [-0.1, -0.05) is 29.8 Å². The molecule has 0 aliphatic rings. The smallest absolute Gasteiger partial charge is 0.251 e. The Kier molecular flexibility index (Phi) is 7.95. The van der Waals surface area contributed by atoms with E-state index in [0.717, 1.165) is 16.9 Å². The summed E-state index contributed by atoms with van der Waals surface area (Å²) in [6.45, 7) is 2.84. The number of amides is 1. The quantitative estimate of drug-likeness (QED) is 0.458. The van der Waals surface area contributed by atoms with Gasteiger partial charge in [-0.25, -0.2) is 8.42 Å². The van der Waals surface area contributed by atoms with Gasteiger partial charge in [-0.3, -0.25) is 9.10 Å². The zero-order chi connectivity index (χ0) is 23.8. The lowest BCUT2D eigenvalue weighted by Crippen LogP contribution is -2.30. The van der Waals surface area contributed by atoms with E-state index < -0.39 is 10.0 Å². The van der Waals surface area contributed by atoms with Crippen LogP contribution >= 0.6 is 0 Å². The number of carbonyl (C=O) groups is 1. The number of sulfonamides is 1. The summed E-state index contributed by atoms with van der Waals surface area (Å²) in [5, 5.41) is 2.80. The van der Waals surface area contributed by atoms with Crippen LogP contribution in [-0.2, 0) is 16.6 Å². The predicted octanol–water partition coefficient (Wildman–Crippen LogP) is 3.78. The second-order valence-corrected chi connectivity index (χ2v) is 9.49. The Balaban J connectivity index is 1.57. The summed E-state index contributed by atoms with van der Waals surface area (Å²) in [7, 11) is -1.90. The molecular formula is C25H28N2O5S. The summed E-state index contributed by atoms with van der Waals surface area (Å²) >= 11 is 0. The van der Waals surface area contributed by atoms with E-state index in [9.17, 15) is 13.2 Å². The van der Waals surface area contributed by atoms with Crippen LogP contribution in [0.15, 0.2) is 72.8 Å². The molecule has 0 saturated heterocycles. The summed E-state index contributed by atoms with van der Waals surface area (Å²) in [6.07, 6.45) is 1.17. The first-order valence-electron chi connectivity index (χ1n) is 10.4. The Bertz CT molecular complexity index is 1160. The van der Waals surface area contributed by atoms with E-state index >= 15 is 0 Å². The normalized spacial score (nSPS) is 11.0. The van der Waals surface area contributed by atoms with Gasteiger partial charge in [0.25, 0.3) is 5.91 Å². The maximum absolute atomic E-state index is 12.4. The van der Waals surface area contributed by atoms with Crippen LogP contribution in [0.1, 0.15) is 21.5 Å². The third kappa shape index (κ3) is 6.98. The van der Waals surface area contributed by atoms with Gasteiger partial charge >= 0.3 is 0 Å². The van der Waals surface area contributed by atoms with E-state index in [0.29, 0.717) is 30.2 Å². The predicted molar refractivity (Wildman–Crippen MR) is 129 cm³/mol. The van der Waals surface area contributed by atoms with Gasteiger partial charge in [0.05, 0.1) is 32.1 Å². The molecule has 0 heterocycles. The molecule has 0 atom stereocenters. The molecule has 3 aromatic carbocycles. The molecule has 7 nitrogen and oxygen atoms in total. The van der Waals surface area contributed by atoms with Gasteiger partial charge in [-0.05, 0) is 61.0 Å². The van der Waals surface area contributed by atoms with Crippen molar-refractivity contribution < 1.29 is 22.7 Å². The molecule has 1 N–H and O–H groups in total. The molecule has 0 aliphatic carbocycles. The summed E-state index contributed by atoms with van der Waals surface area (Å²) in [5.41, 5.74) is 2.92. The molecule has 3 rings (SSSR count). The van der Waals surface area contributed by atoms with Crippen LogP contribution < -0.4 is 19.1 Å². The molecule has 3 aromatic rings. The number of methoxy groups -OCH3 is 1. The minimum absolute atomic E-state index is 0.216. The first kappa shape index (κ1) is 24.1. The summed E-state index contributed by atoms with van der Waals surface area (Å²) in [5.74, 6) is 1.17. The van der Waals surface area contributed by atoms with Gasteiger partial charge in [-0.2, -0.15) is 0 Å². The topological polar surface area (TPSA) is 84.9 Å². The summed E-state index contributed by atoms with van der Waals surface area (Å²) in [4.78, 5) is 12.4. The maximum atomic E-state index is 12.4. The Morgan fingerprint density at radius 2 is 1.52 bits per heavy atom. The van der Waals surface area contributed by atoms with Crippen molar-refractivity contribution in [3.63, 3.8) is 0 Å². The molecule has 174 valence electrons. The molecule has 0 saturated carbocycles. The van der Waals surface area contributed by atoms with Crippen LogP contribution in [0.4, 0.5) is 5.69 Å². The SMILES string of the molecule is COc1ccc(OCCNC(=O)c2ccc(N(Cc3ccc(C)cc3)S(C)(=O)=O)cc2)cc1. The molecule has 0 aliphatic heterocycles. The second-order valence-electron chi connectivity index (χ2n) is 7.58. The number of carbonyl (C=O) groups excluding carboxylic acids is 1. The van der Waals surface area contributed by atoms with Crippen molar-refractivity contribution in [2.45, 2.75) is 13.5 Å². The number of benzene rings is 3. The van der Waals surface area contributed by atoms with E-state index in [4.69, 9.17) is 9.47 Å². The van der Waals surface area contributed by atoms with Gasteiger partial charge < -0.3 is 14.8 Å². The number of hydrogen-bond donors (Lipinski definition) is 1. The number of aryl methyl sites for hydroxylation is 1. The lowest BCUT2D eigenvalue weighted by atomic mass is 10.1. The average molecular weight is 469 g/mol. The molecule has 0 bridgehead atoms. The van der Waals surface area contributed by atoms with Crippen LogP contribution in [0.3, 0.4) is 0 Å². The Morgan fingerprint density at radius 3 is 2.09 bits per heavy atom. The third-order valence-electron chi connectivity index (χ3n) is 4.98. The van der Waals surface area contributed by atoms with Gasteiger partial charge in [-0.15, -0.1) is 0 Å². The fraction of sp³-hybridized carbons (Fsp3) is 0.240. The van der Waals surface area contributed by atoms with Gasteiger partial charge in [0.2, 0.25) is 10.0 Å². The minimum Gasteiger partial charge on any atom is -0.497 e.